The topological polar surface area (TPSA) is 61.8 Å². The highest BCUT2D eigenvalue weighted by molar-refractivity contribution is 5.70. The molecule has 0 atom stereocenters. The molecule has 0 fully saturated rings. The SMILES string of the molecule is Cc1ccc2[nH]c(C(C)(C)CO)nc2n1. The number of H-pyrrole nitrogens is 1. The standard InChI is InChI=1S/C11H15N3O/c1-7-4-5-8-9(12-7)14-10(13-8)11(2,3)6-15/h4-5,15H,6H2,1-3H3,(H,12,13,14). The van der Waals surface area contributed by atoms with Gasteiger partial charge in [0.2, 0.25) is 0 Å². The van der Waals surface area contributed by atoms with Gasteiger partial charge >= 0.3 is 0 Å². The van der Waals surface area contributed by atoms with Crippen molar-refractivity contribution >= 4 is 11.2 Å². The highest BCUT2D eigenvalue weighted by atomic mass is 16.3. The molecule has 4 nitrogen and oxygen atoms in total. The van der Waals surface area contributed by atoms with Crippen LogP contribution in [-0.4, -0.2) is 26.7 Å². The van der Waals surface area contributed by atoms with E-state index in [2.05, 4.69) is 15.0 Å². The number of imidazole rings is 1. The van der Waals surface area contributed by atoms with Crippen molar-refractivity contribution in [1.29, 1.82) is 0 Å². The number of aromatic amines is 1. The summed E-state index contributed by atoms with van der Waals surface area (Å²) in [6.07, 6.45) is 0. The minimum atomic E-state index is -0.353. The molecular formula is C11H15N3O. The number of aromatic nitrogens is 3. The van der Waals surface area contributed by atoms with E-state index in [-0.39, 0.29) is 12.0 Å². The van der Waals surface area contributed by atoms with Gasteiger partial charge in [-0.05, 0) is 19.1 Å². The molecule has 0 aromatic carbocycles. The normalized spacial score (nSPS) is 12.3. The Morgan fingerprint density at radius 2 is 2.07 bits per heavy atom. The molecule has 0 unspecified atom stereocenters. The van der Waals surface area contributed by atoms with Crippen LogP contribution in [0, 0.1) is 6.92 Å². The van der Waals surface area contributed by atoms with Gasteiger partial charge in [0.25, 0.3) is 0 Å². The van der Waals surface area contributed by atoms with Crippen LogP contribution in [0.25, 0.3) is 11.2 Å². The van der Waals surface area contributed by atoms with E-state index in [0.29, 0.717) is 5.65 Å². The van der Waals surface area contributed by atoms with Gasteiger partial charge in [0.05, 0.1) is 12.1 Å². The number of fused-ring (bicyclic) bond motifs is 1. The Morgan fingerprint density at radius 3 is 2.73 bits per heavy atom. The average Bonchev–Trinajstić information content (AvgIpc) is 2.61. The molecule has 0 saturated heterocycles. The molecule has 2 N–H and O–H groups in total. The third-order valence-corrected chi connectivity index (χ3v) is 2.52. The molecule has 2 aromatic rings. The lowest BCUT2D eigenvalue weighted by molar-refractivity contribution is 0.212. The number of aliphatic hydroxyl groups excluding tert-OH is 1. The van der Waals surface area contributed by atoms with Gasteiger partial charge in [-0.15, -0.1) is 0 Å². The van der Waals surface area contributed by atoms with E-state index in [0.717, 1.165) is 17.0 Å². The Kier molecular flexibility index (Phi) is 2.23. The van der Waals surface area contributed by atoms with E-state index >= 15 is 0 Å². The van der Waals surface area contributed by atoms with Gasteiger partial charge in [-0.25, -0.2) is 9.97 Å². The molecule has 2 heterocycles. The Labute approximate surface area is 88.4 Å². The molecule has 2 aromatic heterocycles. The minimum Gasteiger partial charge on any atom is -0.395 e. The maximum Gasteiger partial charge on any atom is 0.177 e. The van der Waals surface area contributed by atoms with Gasteiger partial charge in [0.1, 0.15) is 5.82 Å². The molecule has 2 rings (SSSR count). The van der Waals surface area contributed by atoms with Gasteiger partial charge in [-0.2, -0.15) is 0 Å². The summed E-state index contributed by atoms with van der Waals surface area (Å²) >= 11 is 0. The predicted octanol–water partition coefficient (Wildman–Crippen LogP) is 1.54. The third-order valence-electron chi connectivity index (χ3n) is 2.52. The summed E-state index contributed by atoms with van der Waals surface area (Å²) in [5.74, 6) is 0.776. The molecular weight excluding hydrogens is 190 g/mol. The predicted molar refractivity (Wildman–Crippen MR) is 58.7 cm³/mol. The summed E-state index contributed by atoms with van der Waals surface area (Å²) < 4.78 is 0. The number of rotatable bonds is 2. The van der Waals surface area contributed by atoms with Crippen molar-refractivity contribution < 1.29 is 5.11 Å². The maximum absolute atomic E-state index is 9.25. The second-order valence-electron chi connectivity index (χ2n) is 4.45. The molecule has 0 amide bonds. The van der Waals surface area contributed by atoms with Crippen LogP contribution in [0.2, 0.25) is 0 Å². The fourth-order valence-electron chi connectivity index (χ4n) is 1.38. The number of hydrogen-bond acceptors (Lipinski definition) is 3. The van der Waals surface area contributed by atoms with Crippen molar-refractivity contribution in [3.8, 4) is 0 Å². The van der Waals surface area contributed by atoms with E-state index in [1.165, 1.54) is 0 Å². The molecule has 0 aliphatic carbocycles. The Balaban J connectivity index is 2.56. The second-order valence-corrected chi connectivity index (χ2v) is 4.45. The van der Waals surface area contributed by atoms with Gasteiger partial charge in [-0.1, -0.05) is 13.8 Å². The maximum atomic E-state index is 9.25. The zero-order valence-corrected chi connectivity index (χ0v) is 9.20. The average molecular weight is 205 g/mol. The highest BCUT2D eigenvalue weighted by Gasteiger charge is 2.23. The molecule has 80 valence electrons. The molecule has 4 heteroatoms. The Hall–Kier alpha value is -1.42. The van der Waals surface area contributed by atoms with Crippen LogP contribution in [0.1, 0.15) is 25.4 Å². The molecule has 0 bridgehead atoms. The summed E-state index contributed by atoms with van der Waals surface area (Å²) in [6.45, 7) is 5.88. The summed E-state index contributed by atoms with van der Waals surface area (Å²) in [5, 5.41) is 9.25. The van der Waals surface area contributed by atoms with Crippen molar-refractivity contribution in [1.82, 2.24) is 15.0 Å². The van der Waals surface area contributed by atoms with E-state index in [1.54, 1.807) is 0 Å². The fraction of sp³-hybridized carbons (Fsp3) is 0.455. The Bertz CT molecular complexity index is 488. The highest BCUT2D eigenvalue weighted by Crippen LogP contribution is 2.21. The lowest BCUT2D eigenvalue weighted by atomic mass is 9.94. The first-order chi connectivity index (χ1) is 7.03. The van der Waals surface area contributed by atoms with Crippen LogP contribution in [0.3, 0.4) is 0 Å². The van der Waals surface area contributed by atoms with Crippen LogP contribution in [0.5, 0.6) is 0 Å². The van der Waals surface area contributed by atoms with Gasteiger partial charge in [-0.3, -0.25) is 0 Å². The first kappa shape index (κ1) is 10.1. The number of aryl methyl sites for hydroxylation is 1. The third kappa shape index (κ3) is 1.72. The first-order valence-corrected chi connectivity index (χ1v) is 4.97. The lowest BCUT2D eigenvalue weighted by Crippen LogP contribution is -2.23. The van der Waals surface area contributed by atoms with E-state index in [9.17, 15) is 5.11 Å². The van der Waals surface area contributed by atoms with E-state index < -0.39 is 0 Å². The number of nitrogens with one attached hydrogen (secondary N) is 1. The molecule has 15 heavy (non-hydrogen) atoms. The monoisotopic (exact) mass is 205 g/mol. The fourth-order valence-corrected chi connectivity index (χ4v) is 1.38. The number of hydrogen-bond donors (Lipinski definition) is 2. The summed E-state index contributed by atoms with van der Waals surface area (Å²) in [4.78, 5) is 11.9. The van der Waals surface area contributed by atoms with Crippen LogP contribution < -0.4 is 0 Å². The van der Waals surface area contributed by atoms with Crippen molar-refractivity contribution in [2.45, 2.75) is 26.2 Å². The smallest absolute Gasteiger partial charge is 0.177 e. The quantitative estimate of drug-likeness (QED) is 0.781. The molecule has 0 saturated carbocycles. The number of pyridine rings is 1. The Morgan fingerprint density at radius 1 is 1.33 bits per heavy atom. The van der Waals surface area contributed by atoms with Crippen LogP contribution in [-0.2, 0) is 5.41 Å². The summed E-state index contributed by atoms with van der Waals surface area (Å²) in [6, 6.07) is 3.90. The van der Waals surface area contributed by atoms with Gasteiger partial charge in [0.15, 0.2) is 5.65 Å². The minimum absolute atomic E-state index is 0.0613. The number of aliphatic hydroxyl groups is 1. The van der Waals surface area contributed by atoms with Crippen molar-refractivity contribution in [2.75, 3.05) is 6.61 Å². The zero-order chi connectivity index (χ0) is 11.1. The lowest BCUT2D eigenvalue weighted by Gasteiger charge is -2.17. The van der Waals surface area contributed by atoms with E-state index in [1.807, 2.05) is 32.9 Å². The second kappa shape index (κ2) is 3.31. The summed E-state index contributed by atoms with van der Waals surface area (Å²) in [7, 11) is 0. The van der Waals surface area contributed by atoms with Crippen molar-refractivity contribution in [3.63, 3.8) is 0 Å². The summed E-state index contributed by atoms with van der Waals surface area (Å²) in [5.41, 5.74) is 2.22. The van der Waals surface area contributed by atoms with Crippen LogP contribution in [0.4, 0.5) is 0 Å². The molecule has 0 radical (unpaired) electrons. The van der Waals surface area contributed by atoms with Gasteiger partial charge in [0, 0.05) is 11.1 Å². The zero-order valence-electron chi connectivity index (χ0n) is 9.20. The van der Waals surface area contributed by atoms with Crippen molar-refractivity contribution in [3.05, 3.63) is 23.7 Å². The molecule has 0 aliphatic heterocycles. The van der Waals surface area contributed by atoms with E-state index in [4.69, 9.17) is 0 Å². The largest absolute Gasteiger partial charge is 0.395 e. The molecule has 0 aliphatic rings. The first-order valence-electron chi connectivity index (χ1n) is 4.97. The number of nitrogens with zero attached hydrogens (tertiary/aromatic N) is 2. The molecule has 0 spiro atoms. The van der Waals surface area contributed by atoms with Crippen molar-refractivity contribution in [2.24, 2.45) is 0 Å². The van der Waals surface area contributed by atoms with Crippen LogP contribution >= 0.6 is 0 Å². The van der Waals surface area contributed by atoms with Gasteiger partial charge < -0.3 is 10.1 Å². The van der Waals surface area contributed by atoms with Crippen LogP contribution in [0.15, 0.2) is 12.1 Å².